The van der Waals surface area contributed by atoms with E-state index in [4.69, 9.17) is 6.42 Å². The van der Waals surface area contributed by atoms with Crippen LogP contribution in [0.3, 0.4) is 0 Å². The van der Waals surface area contributed by atoms with Gasteiger partial charge in [0.25, 0.3) is 6.47 Å². The van der Waals surface area contributed by atoms with Crippen molar-refractivity contribution < 1.29 is 9.53 Å². The maximum atomic E-state index is 9.46. The first kappa shape index (κ1) is 6.77. The van der Waals surface area contributed by atoms with E-state index >= 15 is 0 Å². The number of hydrogen-bond donors (Lipinski definition) is 0. The fourth-order valence-electron chi connectivity index (χ4n) is 0.211. The predicted molar refractivity (Wildman–Crippen MR) is 30.0 cm³/mol. The SMILES string of the molecule is C#C/C=C/COC=O. The minimum Gasteiger partial charge on any atom is -0.464 e. The van der Waals surface area contributed by atoms with Gasteiger partial charge in [-0.15, -0.1) is 6.42 Å². The first-order chi connectivity index (χ1) is 3.91. The molecule has 0 rings (SSSR count). The van der Waals surface area contributed by atoms with Gasteiger partial charge in [0.05, 0.1) is 0 Å². The van der Waals surface area contributed by atoms with E-state index in [1.165, 1.54) is 6.08 Å². The van der Waals surface area contributed by atoms with Crippen LogP contribution in [0.15, 0.2) is 12.2 Å². The van der Waals surface area contributed by atoms with Gasteiger partial charge < -0.3 is 4.74 Å². The second-order valence-corrected chi connectivity index (χ2v) is 0.999. The maximum absolute atomic E-state index is 9.46. The molecule has 0 fully saturated rings. The second-order valence-electron chi connectivity index (χ2n) is 0.999. The van der Waals surface area contributed by atoms with Gasteiger partial charge in [0.2, 0.25) is 0 Å². The standard InChI is InChI=1S/C6H6O2/c1-2-3-4-5-8-6-7/h1,3-4,6H,5H2/b4-3+. The molecule has 0 atom stereocenters. The zero-order valence-electron chi connectivity index (χ0n) is 4.33. The Morgan fingerprint density at radius 3 is 3.00 bits per heavy atom. The molecule has 0 aromatic carbocycles. The van der Waals surface area contributed by atoms with E-state index in [0.29, 0.717) is 6.47 Å². The van der Waals surface area contributed by atoms with Gasteiger partial charge in [0.1, 0.15) is 6.61 Å². The minimum atomic E-state index is 0.258. The van der Waals surface area contributed by atoms with E-state index in [9.17, 15) is 4.79 Å². The van der Waals surface area contributed by atoms with Crippen LogP contribution < -0.4 is 0 Å². The number of allylic oxidation sites excluding steroid dienone is 1. The zero-order valence-corrected chi connectivity index (χ0v) is 4.33. The molecule has 0 aromatic rings. The molecule has 0 saturated heterocycles. The Balaban J connectivity index is 3.06. The largest absolute Gasteiger partial charge is 0.464 e. The van der Waals surface area contributed by atoms with Gasteiger partial charge in [-0.1, -0.05) is 5.92 Å². The highest BCUT2D eigenvalue weighted by molar-refractivity contribution is 5.37. The van der Waals surface area contributed by atoms with Crippen LogP contribution >= 0.6 is 0 Å². The summed E-state index contributed by atoms with van der Waals surface area (Å²) in [4.78, 5) is 9.46. The summed E-state index contributed by atoms with van der Waals surface area (Å²) >= 11 is 0. The molecule has 2 nitrogen and oxygen atoms in total. The minimum absolute atomic E-state index is 0.258. The number of carbonyl (C=O) groups excluding carboxylic acids is 1. The van der Waals surface area contributed by atoms with Crippen molar-refractivity contribution in [1.82, 2.24) is 0 Å². The van der Waals surface area contributed by atoms with Gasteiger partial charge in [-0.05, 0) is 12.2 Å². The summed E-state index contributed by atoms with van der Waals surface area (Å²) in [7, 11) is 0. The van der Waals surface area contributed by atoms with Gasteiger partial charge in [-0.2, -0.15) is 0 Å². The molecule has 0 heterocycles. The van der Waals surface area contributed by atoms with E-state index in [0.717, 1.165) is 0 Å². The Hall–Kier alpha value is -1.23. The zero-order chi connectivity index (χ0) is 6.24. The Labute approximate surface area is 48.1 Å². The number of ether oxygens (including phenoxy) is 1. The summed E-state index contributed by atoms with van der Waals surface area (Å²) in [5.74, 6) is 2.25. The van der Waals surface area contributed by atoms with Gasteiger partial charge >= 0.3 is 0 Å². The fraction of sp³-hybridized carbons (Fsp3) is 0.167. The third kappa shape index (κ3) is 4.77. The Bertz CT molecular complexity index is 119. The van der Waals surface area contributed by atoms with Crippen LogP contribution in [0.4, 0.5) is 0 Å². The van der Waals surface area contributed by atoms with Gasteiger partial charge in [0, 0.05) is 0 Å². The van der Waals surface area contributed by atoms with Crippen molar-refractivity contribution in [2.75, 3.05) is 6.61 Å². The number of hydrogen-bond acceptors (Lipinski definition) is 2. The lowest BCUT2D eigenvalue weighted by molar-refractivity contribution is -0.127. The summed E-state index contributed by atoms with van der Waals surface area (Å²) in [6.45, 7) is 0.633. The molecular weight excluding hydrogens is 104 g/mol. The van der Waals surface area contributed by atoms with E-state index in [2.05, 4.69) is 10.7 Å². The summed E-state index contributed by atoms with van der Waals surface area (Å²) in [5, 5.41) is 0. The molecule has 0 N–H and O–H groups in total. The van der Waals surface area contributed by atoms with Gasteiger partial charge in [-0.25, -0.2) is 0 Å². The molecule has 42 valence electrons. The third-order valence-electron chi connectivity index (χ3n) is 0.475. The smallest absolute Gasteiger partial charge is 0.293 e. The monoisotopic (exact) mass is 110 g/mol. The first-order valence-corrected chi connectivity index (χ1v) is 2.08. The highest BCUT2D eigenvalue weighted by Crippen LogP contribution is 1.70. The topological polar surface area (TPSA) is 26.3 Å². The molecule has 0 amide bonds. The van der Waals surface area contributed by atoms with Gasteiger partial charge in [0.15, 0.2) is 0 Å². The molecule has 0 aliphatic carbocycles. The molecule has 0 aliphatic rings. The summed E-state index contributed by atoms with van der Waals surface area (Å²) in [5.41, 5.74) is 0. The summed E-state index contributed by atoms with van der Waals surface area (Å²) in [6, 6.07) is 0. The van der Waals surface area contributed by atoms with Crippen LogP contribution in [0.5, 0.6) is 0 Å². The van der Waals surface area contributed by atoms with E-state index in [1.54, 1.807) is 6.08 Å². The highest BCUT2D eigenvalue weighted by atomic mass is 16.5. The molecule has 8 heavy (non-hydrogen) atoms. The summed E-state index contributed by atoms with van der Waals surface area (Å²) in [6.07, 6.45) is 7.88. The van der Waals surface area contributed by atoms with Crippen LogP contribution in [0.2, 0.25) is 0 Å². The quantitative estimate of drug-likeness (QED) is 0.297. The van der Waals surface area contributed by atoms with Crippen LogP contribution in [-0.2, 0) is 9.53 Å². The van der Waals surface area contributed by atoms with Crippen molar-refractivity contribution in [3.8, 4) is 12.3 Å². The molecule has 0 saturated carbocycles. The molecule has 0 unspecified atom stereocenters. The fourth-order valence-corrected chi connectivity index (χ4v) is 0.211. The lowest BCUT2D eigenvalue weighted by Crippen LogP contribution is -1.84. The van der Waals surface area contributed by atoms with Crippen molar-refractivity contribution in [2.24, 2.45) is 0 Å². The molecule has 0 bridgehead atoms. The van der Waals surface area contributed by atoms with E-state index < -0.39 is 0 Å². The van der Waals surface area contributed by atoms with Gasteiger partial charge in [-0.3, -0.25) is 4.79 Å². The molecule has 0 radical (unpaired) electrons. The first-order valence-electron chi connectivity index (χ1n) is 2.08. The number of rotatable bonds is 3. The predicted octanol–water partition coefficient (Wildman–Crippen LogP) is 0.349. The average Bonchev–Trinajstić information content (AvgIpc) is 1.81. The molecule has 0 aromatic heterocycles. The third-order valence-corrected chi connectivity index (χ3v) is 0.475. The van der Waals surface area contributed by atoms with Crippen LogP contribution in [0.25, 0.3) is 0 Å². The van der Waals surface area contributed by atoms with Crippen molar-refractivity contribution in [1.29, 1.82) is 0 Å². The molecule has 0 spiro atoms. The molecule has 0 aliphatic heterocycles. The Morgan fingerprint density at radius 2 is 2.50 bits per heavy atom. The lowest BCUT2D eigenvalue weighted by Gasteiger charge is -1.84. The normalized spacial score (nSPS) is 8.38. The van der Waals surface area contributed by atoms with Crippen LogP contribution in [0, 0.1) is 12.3 Å². The maximum Gasteiger partial charge on any atom is 0.293 e. The van der Waals surface area contributed by atoms with Crippen LogP contribution in [-0.4, -0.2) is 13.1 Å². The highest BCUT2D eigenvalue weighted by Gasteiger charge is 1.69. The molecular formula is C6H6O2. The van der Waals surface area contributed by atoms with Crippen molar-refractivity contribution in [3.63, 3.8) is 0 Å². The molecule has 2 heteroatoms. The van der Waals surface area contributed by atoms with Crippen molar-refractivity contribution in [3.05, 3.63) is 12.2 Å². The van der Waals surface area contributed by atoms with Crippen molar-refractivity contribution >= 4 is 6.47 Å². The summed E-state index contributed by atoms with van der Waals surface area (Å²) < 4.78 is 4.27. The average molecular weight is 110 g/mol. The Kier molecular flexibility index (Phi) is 4.88. The lowest BCUT2D eigenvalue weighted by atomic mass is 10.5. The second kappa shape index (κ2) is 5.77. The van der Waals surface area contributed by atoms with Crippen molar-refractivity contribution in [2.45, 2.75) is 0 Å². The number of terminal acetylenes is 1. The number of carbonyl (C=O) groups is 1. The Morgan fingerprint density at radius 1 is 1.75 bits per heavy atom. The van der Waals surface area contributed by atoms with E-state index in [1.807, 2.05) is 0 Å². The van der Waals surface area contributed by atoms with Crippen LogP contribution in [0.1, 0.15) is 0 Å². The van der Waals surface area contributed by atoms with E-state index in [-0.39, 0.29) is 6.61 Å².